The number of nitrogens with one attached hydrogen (secondary N) is 1. The largest absolute Gasteiger partial charge is 0.399 e. The predicted octanol–water partition coefficient (Wildman–Crippen LogP) is 4.05. The van der Waals surface area contributed by atoms with Crippen LogP contribution in [0.25, 0.3) is 10.9 Å². The first kappa shape index (κ1) is 13.2. The van der Waals surface area contributed by atoms with Crippen molar-refractivity contribution in [3.05, 3.63) is 30.3 Å². The van der Waals surface area contributed by atoms with Crippen LogP contribution in [-0.4, -0.2) is 11.0 Å². The Bertz CT molecular complexity index is 608. The Balaban J connectivity index is 1.82. The molecule has 0 amide bonds. The molecule has 1 saturated carbocycles. The molecule has 2 aromatic rings. The quantitative estimate of drug-likeness (QED) is 0.808. The van der Waals surface area contributed by atoms with E-state index < -0.39 is 0 Å². The highest BCUT2D eigenvalue weighted by Crippen LogP contribution is 2.31. The highest BCUT2D eigenvalue weighted by atomic mass is 15.0. The second-order valence-electron chi connectivity index (χ2n) is 6.17. The van der Waals surface area contributed by atoms with Gasteiger partial charge in [-0.05, 0) is 48.6 Å². The summed E-state index contributed by atoms with van der Waals surface area (Å²) in [7, 11) is 0. The summed E-state index contributed by atoms with van der Waals surface area (Å²) in [5.74, 6) is 2.47. The lowest BCUT2D eigenvalue weighted by Gasteiger charge is -2.35. The number of hydrogen-bond donors (Lipinski definition) is 2. The number of nitrogens with zero attached hydrogens (tertiary/aromatic N) is 1. The molecule has 0 saturated heterocycles. The molecular weight excluding hydrogens is 246 g/mol. The molecule has 3 heteroatoms. The summed E-state index contributed by atoms with van der Waals surface area (Å²) in [4.78, 5) is 4.70. The lowest BCUT2D eigenvalue weighted by atomic mass is 9.78. The molecule has 3 rings (SSSR count). The third-order valence-corrected chi connectivity index (χ3v) is 4.75. The zero-order valence-electron chi connectivity index (χ0n) is 12.3. The molecule has 0 bridgehead atoms. The zero-order valence-corrected chi connectivity index (χ0v) is 12.3. The number of nitrogens with two attached hydrogens (primary N) is 1. The van der Waals surface area contributed by atoms with Gasteiger partial charge >= 0.3 is 0 Å². The number of aromatic nitrogens is 1. The number of anilines is 2. The molecule has 0 radical (unpaired) electrons. The van der Waals surface area contributed by atoms with E-state index in [0.717, 1.165) is 28.3 Å². The minimum absolute atomic E-state index is 0.539. The molecular formula is C17H23N3. The fourth-order valence-electron chi connectivity index (χ4n) is 3.20. The molecule has 3 atom stereocenters. The number of fused-ring (bicyclic) bond motifs is 1. The van der Waals surface area contributed by atoms with Crippen LogP contribution in [0, 0.1) is 11.8 Å². The van der Waals surface area contributed by atoms with Crippen LogP contribution in [0.5, 0.6) is 0 Å². The van der Waals surface area contributed by atoms with Gasteiger partial charge in [0.15, 0.2) is 0 Å². The van der Waals surface area contributed by atoms with E-state index in [0.29, 0.717) is 12.0 Å². The van der Waals surface area contributed by atoms with E-state index in [1.54, 1.807) is 0 Å². The lowest BCUT2D eigenvalue weighted by molar-refractivity contribution is 0.253. The van der Waals surface area contributed by atoms with Gasteiger partial charge in [-0.25, -0.2) is 4.98 Å². The number of pyridine rings is 1. The summed E-state index contributed by atoms with van der Waals surface area (Å²) < 4.78 is 0. The van der Waals surface area contributed by atoms with Crippen LogP contribution in [-0.2, 0) is 0 Å². The van der Waals surface area contributed by atoms with Gasteiger partial charge in [0.05, 0.1) is 5.52 Å². The molecule has 1 aliphatic carbocycles. The van der Waals surface area contributed by atoms with Crippen LogP contribution >= 0.6 is 0 Å². The Hall–Kier alpha value is -1.77. The van der Waals surface area contributed by atoms with E-state index in [2.05, 4.69) is 31.3 Å². The average Bonchev–Trinajstić information content (AvgIpc) is 2.44. The number of benzene rings is 1. The summed E-state index contributed by atoms with van der Waals surface area (Å²) in [5, 5.41) is 4.72. The summed E-state index contributed by atoms with van der Waals surface area (Å²) in [6.07, 6.45) is 3.91. The van der Waals surface area contributed by atoms with Crippen LogP contribution in [0.15, 0.2) is 30.3 Å². The molecule has 1 fully saturated rings. The Labute approximate surface area is 120 Å². The van der Waals surface area contributed by atoms with Gasteiger partial charge in [0, 0.05) is 17.1 Å². The maximum Gasteiger partial charge on any atom is 0.126 e. The van der Waals surface area contributed by atoms with Gasteiger partial charge in [0.25, 0.3) is 0 Å². The molecule has 3 N–H and O–H groups in total. The van der Waals surface area contributed by atoms with Gasteiger partial charge in [-0.2, -0.15) is 0 Å². The SMILES string of the molecule is CC1CCCC(Nc2ccc3cc(N)ccc3n2)C1C. The first-order valence-corrected chi connectivity index (χ1v) is 7.56. The highest BCUT2D eigenvalue weighted by molar-refractivity contribution is 5.83. The lowest BCUT2D eigenvalue weighted by Crippen LogP contribution is -2.35. The molecule has 1 aromatic heterocycles. The molecule has 0 spiro atoms. The average molecular weight is 269 g/mol. The molecule has 3 unspecified atom stereocenters. The maximum atomic E-state index is 5.80. The third-order valence-electron chi connectivity index (χ3n) is 4.75. The van der Waals surface area contributed by atoms with Gasteiger partial charge in [-0.3, -0.25) is 0 Å². The van der Waals surface area contributed by atoms with Crippen molar-refractivity contribution in [2.24, 2.45) is 11.8 Å². The van der Waals surface area contributed by atoms with Crippen molar-refractivity contribution in [3.8, 4) is 0 Å². The van der Waals surface area contributed by atoms with Crippen LogP contribution in [0.2, 0.25) is 0 Å². The Morgan fingerprint density at radius 1 is 1.15 bits per heavy atom. The maximum absolute atomic E-state index is 5.80. The van der Waals surface area contributed by atoms with E-state index in [-0.39, 0.29) is 0 Å². The fourth-order valence-corrected chi connectivity index (χ4v) is 3.20. The van der Waals surface area contributed by atoms with Gasteiger partial charge in [0.1, 0.15) is 5.82 Å². The molecule has 3 nitrogen and oxygen atoms in total. The number of nitrogen functional groups attached to an aromatic ring is 1. The monoisotopic (exact) mass is 269 g/mol. The van der Waals surface area contributed by atoms with Crippen LogP contribution in [0.4, 0.5) is 11.5 Å². The minimum atomic E-state index is 0.539. The van der Waals surface area contributed by atoms with E-state index >= 15 is 0 Å². The van der Waals surface area contributed by atoms with Crippen molar-refractivity contribution in [2.45, 2.75) is 39.2 Å². The summed E-state index contributed by atoms with van der Waals surface area (Å²) in [6, 6.07) is 10.6. The summed E-state index contributed by atoms with van der Waals surface area (Å²) in [5.41, 5.74) is 7.59. The smallest absolute Gasteiger partial charge is 0.126 e. The van der Waals surface area contributed by atoms with Gasteiger partial charge in [-0.15, -0.1) is 0 Å². The van der Waals surface area contributed by atoms with Crippen molar-refractivity contribution in [1.29, 1.82) is 0 Å². The highest BCUT2D eigenvalue weighted by Gasteiger charge is 2.27. The van der Waals surface area contributed by atoms with E-state index in [9.17, 15) is 0 Å². The van der Waals surface area contributed by atoms with Gasteiger partial charge in [0.2, 0.25) is 0 Å². The molecule has 1 aromatic carbocycles. The molecule has 0 aliphatic heterocycles. The first-order chi connectivity index (χ1) is 9.63. The topological polar surface area (TPSA) is 50.9 Å². The van der Waals surface area contributed by atoms with Crippen molar-refractivity contribution in [1.82, 2.24) is 4.98 Å². The van der Waals surface area contributed by atoms with Crippen LogP contribution in [0.3, 0.4) is 0 Å². The summed E-state index contributed by atoms with van der Waals surface area (Å²) >= 11 is 0. The zero-order chi connectivity index (χ0) is 14.1. The standard InChI is InChI=1S/C17H23N3/c1-11-4-3-5-15(12(11)2)19-17-9-6-13-10-14(18)7-8-16(13)20-17/h6-12,15H,3-5,18H2,1-2H3,(H,19,20). The van der Waals surface area contributed by atoms with Crippen molar-refractivity contribution >= 4 is 22.4 Å². The second-order valence-corrected chi connectivity index (χ2v) is 6.17. The number of hydrogen-bond acceptors (Lipinski definition) is 3. The van der Waals surface area contributed by atoms with E-state index in [1.165, 1.54) is 19.3 Å². The fraction of sp³-hybridized carbons (Fsp3) is 0.471. The van der Waals surface area contributed by atoms with Gasteiger partial charge < -0.3 is 11.1 Å². The molecule has 1 aliphatic rings. The van der Waals surface area contributed by atoms with Crippen molar-refractivity contribution < 1.29 is 0 Å². The number of rotatable bonds is 2. The third kappa shape index (κ3) is 2.58. The van der Waals surface area contributed by atoms with E-state index in [1.807, 2.05) is 18.2 Å². The Morgan fingerprint density at radius 2 is 2.00 bits per heavy atom. The summed E-state index contributed by atoms with van der Waals surface area (Å²) in [6.45, 7) is 4.71. The molecule has 20 heavy (non-hydrogen) atoms. The van der Waals surface area contributed by atoms with Gasteiger partial charge in [-0.1, -0.05) is 26.7 Å². The van der Waals surface area contributed by atoms with Crippen molar-refractivity contribution in [2.75, 3.05) is 11.1 Å². The van der Waals surface area contributed by atoms with Crippen LogP contribution in [0.1, 0.15) is 33.1 Å². The predicted molar refractivity (Wildman–Crippen MR) is 85.7 cm³/mol. The minimum Gasteiger partial charge on any atom is -0.399 e. The van der Waals surface area contributed by atoms with Crippen LogP contribution < -0.4 is 11.1 Å². The molecule has 106 valence electrons. The first-order valence-electron chi connectivity index (χ1n) is 7.56. The Kier molecular flexibility index (Phi) is 3.51. The second kappa shape index (κ2) is 5.31. The Morgan fingerprint density at radius 3 is 2.85 bits per heavy atom. The van der Waals surface area contributed by atoms with E-state index in [4.69, 9.17) is 10.7 Å². The normalized spacial score (nSPS) is 26.6. The molecule has 1 heterocycles. The van der Waals surface area contributed by atoms with Crippen molar-refractivity contribution in [3.63, 3.8) is 0 Å².